The maximum absolute atomic E-state index is 13.0. The number of hydrogen-bond donors (Lipinski definition) is 1. The van der Waals surface area contributed by atoms with Crippen molar-refractivity contribution in [3.05, 3.63) is 46.4 Å². The van der Waals surface area contributed by atoms with E-state index in [1.165, 1.54) is 0 Å². The highest BCUT2D eigenvalue weighted by Gasteiger charge is 2.41. The summed E-state index contributed by atoms with van der Waals surface area (Å²) in [5.74, 6) is 4.73. The molecule has 0 spiro atoms. The fourth-order valence-corrected chi connectivity index (χ4v) is 11.6. The van der Waals surface area contributed by atoms with Gasteiger partial charge in [0.1, 0.15) is 19.5 Å². The summed E-state index contributed by atoms with van der Waals surface area (Å²) in [5.41, 5.74) is 8.33. The number of likely N-dealkylation sites (N-methyl/N-ethyl adjacent to an activating group) is 1. The minimum absolute atomic E-state index is 0.130. The Hall–Kier alpha value is -3.35. The summed E-state index contributed by atoms with van der Waals surface area (Å²) in [5, 5.41) is 4.13. The standard InChI is InChI=1S/C33H48N6O2Si/c1-10-18-41-30-21-27(11-12-29(30)39-16-14-37(8)15-17-39)35-33-34-22-28-26(20-31(40)38(9)32(28)36-33)13-19-42(23(2)3,24(4)5)25(6)7/h11-12,20-25H,10,14-18H2,1-9H3,(H,34,35,36). The second-order valence-electron chi connectivity index (χ2n) is 12.5. The van der Waals surface area contributed by atoms with Gasteiger partial charge in [-0.1, -0.05) is 54.4 Å². The van der Waals surface area contributed by atoms with Crippen molar-refractivity contribution < 1.29 is 4.74 Å². The largest absolute Gasteiger partial charge is 0.491 e. The summed E-state index contributed by atoms with van der Waals surface area (Å²) in [4.78, 5) is 27.2. The van der Waals surface area contributed by atoms with Crippen LogP contribution in [-0.4, -0.2) is 67.3 Å². The topological polar surface area (TPSA) is 75.5 Å². The number of hydrogen-bond acceptors (Lipinski definition) is 7. The minimum atomic E-state index is -1.97. The number of anilines is 3. The van der Waals surface area contributed by atoms with E-state index < -0.39 is 8.07 Å². The molecule has 0 aliphatic carbocycles. The zero-order valence-corrected chi connectivity index (χ0v) is 27.9. The van der Waals surface area contributed by atoms with Crippen LogP contribution in [0.5, 0.6) is 5.75 Å². The molecule has 2 aromatic heterocycles. The number of ether oxygens (including phenoxy) is 1. The van der Waals surface area contributed by atoms with E-state index in [4.69, 9.17) is 9.72 Å². The molecule has 8 nitrogen and oxygen atoms in total. The summed E-state index contributed by atoms with van der Waals surface area (Å²) in [7, 11) is 1.94. The first-order valence-corrected chi connectivity index (χ1v) is 17.6. The smallest absolute Gasteiger partial charge is 0.253 e. The Morgan fingerprint density at radius 2 is 1.67 bits per heavy atom. The van der Waals surface area contributed by atoms with Gasteiger partial charge >= 0.3 is 0 Å². The molecule has 4 rings (SSSR count). The molecule has 0 unspecified atom stereocenters. The minimum Gasteiger partial charge on any atom is -0.491 e. The molecular formula is C33H48N6O2Si. The molecule has 9 heteroatoms. The van der Waals surface area contributed by atoms with Crippen molar-refractivity contribution in [1.82, 2.24) is 19.4 Å². The number of pyridine rings is 1. The summed E-state index contributed by atoms with van der Waals surface area (Å²) in [6.45, 7) is 20.5. The maximum atomic E-state index is 13.0. The Balaban J connectivity index is 1.70. The molecule has 0 atom stereocenters. The molecule has 42 heavy (non-hydrogen) atoms. The molecule has 1 saturated heterocycles. The predicted octanol–water partition coefficient (Wildman–Crippen LogP) is 6.18. The van der Waals surface area contributed by atoms with Gasteiger partial charge in [-0.3, -0.25) is 9.36 Å². The zero-order chi connectivity index (χ0) is 30.6. The normalized spacial score (nSPS) is 14.5. The second-order valence-corrected chi connectivity index (χ2v) is 18.1. The molecular weight excluding hydrogens is 540 g/mol. The van der Waals surface area contributed by atoms with E-state index in [1.54, 1.807) is 23.9 Å². The van der Waals surface area contributed by atoms with Gasteiger partial charge in [-0.05, 0) is 42.2 Å². The zero-order valence-electron chi connectivity index (χ0n) is 26.9. The third-order valence-electron chi connectivity index (χ3n) is 8.78. The van der Waals surface area contributed by atoms with Crippen LogP contribution in [-0.2, 0) is 7.05 Å². The van der Waals surface area contributed by atoms with Gasteiger partial charge in [0.25, 0.3) is 5.56 Å². The molecule has 1 aliphatic heterocycles. The van der Waals surface area contributed by atoms with Crippen LogP contribution in [0.15, 0.2) is 35.3 Å². The predicted molar refractivity (Wildman–Crippen MR) is 178 cm³/mol. The summed E-state index contributed by atoms with van der Waals surface area (Å²) >= 11 is 0. The van der Waals surface area contributed by atoms with Crippen LogP contribution in [0.1, 0.15) is 60.5 Å². The van der Waals surface area contributed by atoms with E-state index in [-0.39, 0.29) is 5.56 Å². The van der Waals surface area contributed by atoms with Crippen molar-refractivity contribution in [3.8, 4) is 17.2 Å². The van der Waals surface area contributed by atoms with Gasteiger partial charge in [0.2, 0.25) is 5.95 Å². The highest BCUT2D eigenvalue weighted by Crippen LogP contribution is 2.41. The van der Waals surface area contributed by atoms with Gasteiger partial charge in [-0.25, -0.2) is 4.98 Å². The Labute approximate surface area is 252 Å². The van der Waals surface area contributed by atoms with Crippen LogP contribution in [0.4, 0.5) is 17.3 Å². The SMILES string of the molecule is CCCOc1cc(Nc2ncc3c(C#C[Si](C(C)C)(C(C)C)C(C)C)cc(=O)n(C)c3n2)ccc1N1CCN(C)CC1. The van der Waals surface area contributed by atoms with Crippen LogP contribution >= 0.6 is 0 Å². The Morgan fingerprint density at radius 3 is 2.29 bits per heavy atom. The van der Waals surface area contributed by atoms with E-state index in [0.717, 1.165) is 55.1 Å². The fraction of sp³-hybridized carbons (Fsp3) is 0.545. The highest BCUT2D eigenvalue weighted by atomic mass is 28.3. The molecule has 0 bridgehead atoms. The van der Waals surface area contributed by atoms with Gasteiger partial charge in [-0.15, -0.1) is 5.54 Å². The lowest BCUT2D eigenvalue weighted by Crippen LogP contribution is -2.44. The molecule has 226 valence electrons. The number of nitrogens with one attached hydrogen (secondary N) is 1. The van der Waals surface area contributed by atoms with Crippen molar-refractivity contribution in [1.29, 1.82) is 0 Å². The third kappa shape index (κ3) is 6.50. The van der Waals surface area contributed by atoms with Crippen molar-refractivity contribution in [3.63, 3.8) is 0 Å². The van der Waals surface area contributed by atoms with E-state index in [2.05, 4.69) is 93.1 Å². The molecule has 1 N–H and O–H groups in total. The lowest BCUT2D eigenvalue weighted by molar-refractivity contribution is 0.302. The molecule has 1 fully saturated rings. The van der Waals surface area contributed by atoms with E-state index in [0.29, 0.717) is 40.4 Å². The van der Waals surface area contributed by atoms with Crippen molar-refractivity contribution >= 4 is 36.4 Å². The van der Waals surface area contributed by atoms with Crippen LogP contribution in [0.3, 0.4) is 0 Å². The van der Waals surface area contributed by atoms with E-state index >= 15 is 0 Å². The van der Waals surface area contributed by atoms with Gasteiger partial charge in [-0.2, -0.15) is 4.98 Å². The van der Waals surface area contributed by atoms with Crippen LogP contribution in [0.25, 0.3) is 11.0 Å². The highest BCUT2D eigenvalue weighted by molar-refractivity contribution is 6.90. The molecule has 0 amide bonds. The van der Waals surface area contributed by atoms with Crippen LogP contribution in [0.2, 0.25) is 16.6 Å². The quantitative estimate of drug-likeness (QED) is 0.236. The summed E-state index contributed by atoms with van der Waals surface area (Å²) < 4.78 is 7.74. The van der Waals surface area contributed by atoms with Crippen molar-refractivity contribution in [2.45, 2.75) is 71.5 Å². The Bertz CT molecular complexity index is 1490. The first kappa shape index (κ1) is 31.6. The van der Waals surface area contributed by atoms with Gasteiger partial charge in [0, 0.05) is 62.8 Å². The number of nitrogens with zero attached hydrogens (tertiary/aromatic N) is 5. The van der Waals surface area contributed by atoms with E-state index in [1.807, 2.05) is 12.1 Å². The third-order valence-corrected chi connectivity index (χ3v) is 15.1. The molecule has 3 aromatic rings. The summed E-state index contributed by atoms with van der Waals surface area (Å²) in [6.07, 6.45) is 2.71. The second kappa shape index (κ2) is 13.3. The number of rotatable bonds is 9. The monoisotopic (exact) mass is 588 g/mol. The molecule has 3 heterocycles. The van der Waals surface area contributed by atoms with Gasteiger partial charge in [0.15, 0.2) is 0 Å². The number of aryl methyl sites for hydroxylation is 1. The number of benzene rings is 1. The molecule has 0 radical (unpaired) electrons. The summed E-state index contributed by atoms with van der Waals surface area (Å²) in [6, 6.07) is 7.79. The molecule has 0 saturated carbocycles. The number of piperazine rings is 1. The van der Waals surface area contributed by atoms with E-state index in [9.17, 15) is 4.79 Å². The van der Waals surface area contributed by atoms with Crippen molar-refractivity contribution in [2.75, 3.05) is 50.1 Å². The average molecular weight is 589 g/mol. The van der Waals surface area contributed by atoms with Crippen LogP contribution in [0, 0.1) is 11.5 Å². The lowest BCUT2D eigenvalue weighted by atomic mass is 10.2. The lowest BCUT2D eigenvalue weighted by Gasteiger charge is -2.38. The first-order chi connectivity index (χ1) is 20.0. The molecule has 1 aliphatic rings. The first-order valence-electron chi connectivity index (χ1n) is 15.3. The van der Waals surface area contributed by atoms with Gasteiger partial charge in [0.05, 0.1) is 17.7 Å². The van der Waals surface area contributed by atoms with Crippen molar-refractivity contribution in [2.24, 2.45) is 7.05 Å². The maximum Gasteiger partial charge on any atom is 0.253 e. The number of fused-ring (bicyclic) bond motifs is 1. The average Bonchev–Trinajstić information content (AvgIpc) is 2.95. The number of aromatic nitrogens is 3. The van der Waals surface area contributed by atoms with Crippen LogP contribution < -0.4 is 20.5 Å². The molecule has 1 aromatic carbocycles. The Kier molecular flexibility index (Phi) is 10.0. The van der Waals surface area contributed by atoms with Gasteiger partial charge < -0.3 is 19.9 Å². The Morgan fingerprint density at radius 1 is 1.00 bits per heavy atom. The fourth-order valence-electron chi connectivity index (χ4n) is 6.35.